The number of benzene rings is 1. The van der Waals surface area contributed by atoms with Crippen molar-refractivity contribution < 1.29 is 14.3 Å². The van der Waals surface area contributed by atoms with Crippen molar-refractivity contribution in [3.63, 3.8) is 0 Å². The minimum Gasteiger partial charge on any atom is -0.496 e. The van der Waals surface area contributed by atoms with E-state index in [9.17, 15) is 4.79 Å². The molecule has 1 heterocycles. The smallest absolute Gasteiger partial charge is 0.340 e. The predicted octanol–water partition coefficient (Wildman–Crippen LogP) is 3.15. The molecule has 0 radical (unpaired) electrons. The highest BCUT2D eigenvalue weighted by atomic mass is 127. The third kappa shape index (κ3) is 2.86. The van der Waals surface area contributed by atoms with E-state index in [0.717, 1.165) is 20.4 Å². The van der Waals surface area contributed by atoms with Crippen LogP contribution in [0.15, 0.2) is 36.7 Å². The van der Waals surface area contributed by atoms with Gasteiger partial charge >= 0.3 is 5.97 Å². The van der Waals surface area contributed by atoms with E-state index in [1.165, 1.54) is 13.3 Å². The Morgan fingerprint density at radius 3 is 2.68 bits per heavy atom. The van der Waals surface area contributed by atoms with Crippen LogP contribution in [0.2, 0.25) is 0 Å². The lowest BCUT2D eigenvalue weighted by Gasteiger charge is -2.09. The molecule has 0 unspecified atom stereocenters. The monoisotopic (exact) mass is 369 g/mol. The number of nitrogens with zero attached hydrogens (tertiary/aromatic N) is 1. The van der Waals surface area contributed by atoms with Crippen molar-refractivity contribution in [1.29, 1.82) is 0 Å². The number of methoxy groups -OCH3 is 2. The Morgan fingerprint density at radius 1 is 1.26 bits per heavy atom. The van der Waals surface area contributed by atoms with Gasteiger partial charge in [0.2, 0.25) is 0 Å². The first-order chi connectivity index (χ1) is 9.17. The van der Waals surface area contributed by atoms with Gasteiger partial charge in [0.1, 0.15) is 5.75 Å². The SMILES string of the molecule is COC(=O)c1cnccc1-c1ccc(OC)c(I)c1. The van der Waals surface area contributed by atoms with E-state index in [2.05, 4.69) is 27.6 Å². The number of pyridine rings is 1. The molecule has 0 aliphatic rings. The average Bonchev–Trinajstić information content (AvgIpc) is 2.46. The zero-order valence-corrected chi connectivity index (χ0v) is 12.7. The Kier molecular flexibility index (Phi) is 4.36. The number of halogens is 1. The summed E-state index contributed by atoms with van der Waals surface area (Å²) in [6, 6.07) is 7.53. The second-order valence-electron chi connectivity index (χ2n) is 3.76. The molecule has 19 heavy (non-hydrogen) atoms. The zero-order chi connectivity index (χ0) is 13.8. The van der Waals surface area contributed by atoms with E-state index in [4.69, 9.17) is 9.47 Å². The normalized spacial score (nSPS) is 10.1. The third-order valence-corrected chi connectivity index (χ3v) is 3.53. The molecule has 5 heteroatoms. The lowest BCUT2D eigenvalue weighted by Crippen LogP contribution is -2.04. The van der Waals surface area contributed by atoms with Gasteiger partial charge in [-0.25, -0.2) is 4.79 Å². The molecular formula is C14H12INO3. The number of ether oxygens (including phenoxy) is 2. The molecule has 0 fully saturated rings. The number of carbonyl (C=O) groups excluding carboxylic acids is 1. The highest BCUT2D eigenvalue weighted by Gasteiger charge is 2.14. The molecule has 2 rings (SSSR count). The van der Waals surface area contributed by atoms with Gasteiger partial charge in [0.15, 0.2) is 0 Å². The highest BCUT2D eigenvalue weighted by Crippen LogP contribution is 2.29. The summed E-state index contributed by atoms with van der Waals surface area (Å²) in [5, 5.41) is 0. The molecule has 0 saturated carbocycles. The Morgan fingerprint density at radius 2 is 2.05 bits per heavy atom. The fourth-order valence-electron chi connectivity index (χ4n) is 1.75. The summed E-state index contributed by atoms with van der Waals surface area (Å²) in [6.45, 7) is 0. The molecule has 0 saturated heterocycles. The van der Waals surface area contributed by atoms with Gasteiger partial charge in [0, 0.05) is 12.4 Å². The second kappa shape index (κ2) is 6.01. The van der Waals surface area contributed by atoms with Crippen LogP contribution in [0, 0.1) is 3.57 Å². The summed E-state index contributed by atoms with van der Waals surface area (Å²) < 4.78 is 11.0. The van der Waals surface area contributed by atoms with E-state index in [0.29, 0.717) is 5.56 Å². The van der Waals surface area contributed by atoms with Crippen LogP contribution >= 0.6 is 22.6 Å². The number of esters is 1. The van der Waals surface area contributed by atoms with Crippen molar-refractivity contribution in [2.45, 2.75) is 0 Å². The van der Waals surface area contributed by atoms with Crippen molar-refractivity contribution in [2.24, 2.45) is 0 Å². The fourth-order valence-corrected chi connectivity index (χ4v) is 2.49. The molecule has 0 N–H and O–H groups in total. The van der Waals surface area contributed by atoms with Gasteiger partial charge < -0.3 is 9.47 Å². The standard InChI is InChI=1S/C14H12INO3/c1-18-13-4-3-9(7-12(13)15)10-5-6-16-8-11(10)14(17)19-2/h3-8H,1-2H3. The maximum atomic E-state index is 11.7. The molecule has 0 atom stereocenters. The first-order valence-corrected chi connectivity index (χ1v) is 6.61. The maximum Gasteiger partial charge on any atom is 0.340 e. The molecule has 0 aliphatic heterocycles. The molecule has 0 amide bonds. The van der Waals surface area contributed by atoms with E-state index in [1.54, 1.807) is 19.4 Å². The number of carbonyl (C=O) groups is 1. The first kappa shape index (κ1) is 13.8. The molecule has 0 bridgehead atoms. The van der Waals surface area contributed by atoms with Crippen LogP contribution in [-0.4, -0.2) is 25.2 Å². The van der Waals surface area contributed by atoms with E-state index >= 15 is 0 Å². The topological polar surface area (TPSA) is 48.4 Å². The summed E-state index contributed by atoms with van der Waals surface area (Å²) in [7, 11) is 2.99. The van der Waals surface area contributed by atoms with Gasteiger partial charge in [-0.05, 0) is 51.9 Å². The molecular weight excluding hydrogens is 357 g/mol. The molecule has 4 nitrogen and oxygen atoms in total. The predicted molar refractivity (Wildman–Crippen MR) is 80.3 cm³/mol. The quantitative estimate of drug-likeness (QED) is 0.616. The summed E-state index contributed by atoms with van der Waals surface area (Å²) in [6.07, 6.45) is 3.16. The molecule has 1 aromatic carbocycles. The summed E-state index contributed by atoms with van der Waals surface area (Å²) in [5.74, 6) is 0.409. The van der Waals surface area contributed by atoms with Crippen LogP contribution in [0.3, 0.4) is 0 Å². The molecule has 2 aromatic rings. The van der Waals surface area contributed by atoms with Crippen LogP contribution in [0.5, 0.6) is 5.75 Å². The lowest BCUT2D eigenvalue weighted by molar-refractivity contribution is 0.0601. The Hall–Kier alpha value is -1.63. The lowest BCUT2D eigenvalue weighted by atomic mass is 10.0. The zero-order valence-electron chi connectivity index (χ0n) is 10.5. The van der Waals surface area contributed by atoms with Crippen LogP contribution in [0.4, 0.5) is 0 Å². The summed E-state index contributed by atoms with van der Waals surface area (Å²) in [4.78, 5) is 15.7. The van der Waals surface area contributed by atoms with Gasteiger partial charge in [0.05, 0.1) is 23.4 Å². The van der Waals surface area contributed by atoms with Crippen LogP contribution < -0.4 is 4.74 Å². The van der Waals surface area contributed by atoms with Gasteiger partial charge in [-0.3, -0.25) is 4.98 Å². The van der Waals surface area contributed by atoms with Crippen molar-refractivity contribution in [2.75, 3.05) is 14.2 Å². The van der Waals surface area contributed by atoms with E-state index in [1.807, 2.05) is 18.2 Å². The van der Waals surface area contributed by atoms with Gasteiger partial charge in [-0.15, -0.1) is 0 Å². The van der Waals surface area contributed by atoms with Gasteiger partial charge in [0.25, 0.3) is 0 Å². The van der Waals surface area contributed by atoms with Crippen molar-refractivity contribution in [3.8, 4) is 16.9 Å². The second-order valence-corrected chi connectivity index (χ2v) is 4.92. The van der Waals surface area contributed by atoms with Crippen LogP contribution in [-0.2, 0) is 4.74 Å². The maximum absolute atomic E-state index is 11.7. The molecule has 98 valence electrons. The number of hydrogen-bond donors (Lipinski definition) is 0. The summed E-state index contributed by atoms with van der Waals surface area (Å²) >= 11 is 2.19. The summed E-state index contributed by atoms with van der Waals surface area (Å²) in [5.41, 5.74) is 2.17. The van der Waals surface area contributed by atoms with Crippen molar-refractivity contribution >= 4 is 28.6 Å². The van der Waals surface area contributed by atoms with Gasteiger partial charge in [-0.1, -0.05) is 6.07 Å². The highest BCUT2D eigenvalue weighted by molar-refractivity contribution is 14.1. The van der Waals surface area contributed by atoms with E-state index in [-0.39, 0.29) is 0 Å². The molecule has 0 spiro atoms. The average molecular weight is 369 g/mol. The number of rotatable bonds is 3. The number of aromatic nitrogens is 1. The van der Waals surface area contributed by atoms with E-state index < -0.39 is 5.97 Å². The Labute approximate surface area is 124 Å². The third-order valence-electron chi connectivity index (χ3n) is 2.69. The van der Waals surface area contributed by atoms with Crippen LogP contribution in [0.25, 0.3) is 11.1 Å². The Bertz CT molecular complexity index is 613. The molecule has 0 aliphatic carbocycles. The van der Waals surface area contributed by atoms with Gasteiger partial charge in [-0.2, -0.15) is 0 Å². The fraction of sp³-hybridized carbons (Fsp3) is 0.143. The minimum atomic E-state index is -0.395. The first-order valence-electron chi connectivity index (χ1n) is 5.53. The number of hydrogen-bond acceptors (Lipinski definition) is 4. The Balaban J connectivity index is 2.53. The minimum absolute atomic E-state index is 0.395. The van der Waals surface area contributed by atoms with Crippen molar-refractivity contribution in [1.82, 2.24) is 4.98 Å². The van der Waals surface area contributed by atoms with Crippen LogP contribution in [0.1, 0.15) is 10.4 Å². The van der Waals surface area contributed by atoms with Crippen molar-refractivity contribution in [3.05, 3.63) is 45.8 Å². The largest absolute Gasteiger partial charge is 0.496 e. The molecule has 1 aromatic heterocycles.